The first-order valence-corrected chi connectivity index (χ1v) is 6.10. The molecule has 0 saturated heterocycles. The van der Waals surface area contributed by atoms with Gasteiger partial charge in [-0.1, -0.05) is 11.6 Å². The van der Waals surface area contributed by atoms with Gasteiger partial charge >= 0.3 is 5.97 Å². The predicted molar refractivity (Wildman–Crippen MR) is 71.3 cm³/mol. The third-order valence-corrected chi connectivity index (χ3v) is 2.16. The molecule has 18 heavy (non-hydrogen) atoms. The number of halogens is 1. The van der Waals surface area contributed by atoms with Gasteiger partial charge in [-0.15, -0.1) is 0 Å². The summed E-state index contributed by atoms with van der Waals surface area (Å²) in [6, 6.07) is 5.35. The van der Waals surface area contributed by atoms with Crippen LogP contribution in [0.2, 0.25) is 5.02 Å². The van der Waals surface area contributed by atoms with Gasteiger partial charge in [-0.25, -0.2) is 0 Å². The molecular weight excluding hydrogens is 256 g/mol. The smallest absolute Gasteiger partial charge is 0.303 e. The number of ether oxygens (including phenoxy) is 1. The zero-order valence-electron chi connectivity index (χ0n) is 10.6. The highest BCUT2D eigenvalue weighted by atomic mass is 35.5. The standard InChI is InChI=1S/C11H13ClO3.C2H6O/c1-8-7-9(12)4-5-10(8)15-6-2-3-11(13)14;1-2-3/h4-5,7H,2-3,6H2,1H3,(H,13,14);3H,2H2,1H3. The number of hydrogen-bond donors (Lipinski definition) is 2. The summed E-state index contributed by atoms with van der Waals surface area (Å²) in [6.45, 7) is 4.24. The first-order chi connectivity index (χ1) is 8.51. The Bertz CT molecular complexity index is 366. The number of carbonyl (C=O) groups is 1. The minimum absolute atomic E-state index is 0.132. The second-order valence-electron chi connectivity index (χ2n) is 3.57. The van der Waals surface area contributed by atoms with Crippen LogP contribution in [0.25, 0.3) is 0 Å². The highest BCUT2D eigenvalue weighted by Crippen LogP contribution is 2.21. The first kappa shape index (κ1) is 16.7. The summed E-state index contributed by atoms with van der Waals surface area (Å²) in [5, 5.41) is 16.7. The van der Waals surface area contributed by atoms with Crippen molar-refractivity contribution in [2.24, 2.45) is 0 Å². The van der Waals surface area contributed by atoms with Crippen LogP contribution in [0.1, 0.15) is 25.3 Å². The summed E-state index contributed by atoms with van der Waals surface area (Å²) in [5.41, 5.74) is 0.956. The summed E-state index contributed by atoms with van der Waals surface area (Å²) in [6.07, 6.45) is 0.643. The molecule has 0 heterocycles. The van der Waals surface area contributed by atoms with Crippen molar-refractivity contribution in [3.63, 3.8) is 0 Å². The molecule has 0 atom stereocenters. The molecule has 1 rings (SSSR count). The van der Waals surface area contributed by atoms with E-state index in [1.54, 1.807) is 19.1 Å². The normalized spacial score (nSPS) is 9.33. The van der Waals surface area contributed by atoms with Gasteiger partial charge in [0, 0.05) is 18.1 Å². The maximum Gasteiger partial charge on any atom is 0.303 e. The van der Waals surface area contributed by atoms with Crippen molar-refractivity contribution in [1.29, 1.82) is 0 Å². The lowest BCUT2D eigenvalue weighted by Gasteiger charge is -2.08. The van der Waals surface area contributed by atoms with Crippen LogP contribution in [0.15, 0.2) is 18.2 Å². The van der Waals surface area contributed by atoms with Gasteiger partial charge in [-0.05, 0) is 44.0 Å². The van der Waals surface area contributed by atoms with Crippen molar-refractivity contribution < 1.29 is 19.7 Å². The van der Waals surface area contributed by atoms with Crippen LogP contribution in [0, 0.1) is 6.92 Å². The number of benzene rings is 1. The molecule has 102 valence electrons. The molecule has 2 N–H and O–H groups in total. The molecular formula is C13H19ClO4. The number of rotatable bonds is 5. The number of aryl methyl sites for hydroxylation is 1. The van der Waals surface area contributed by atoms with E-state index in [1.807, 2.05) is 13.0 Å². The molecule has 0 amide bonds. The summed E-state index contributed by atoms with van der Waals surface area (Å²) in [7, 11) is 0. The van der Waals surface area contributed by atoms with Gasteiger partial charge in [-0.3, -0.25) is 4.79 Å². The van der Waals surface area contributed by atoms with Crippen molar-refractivity contribution in [1.82, 2.24) is 0 Å². The van der Waals surface area contributed by atoms with Crippen LogP contribution < -0.4 is 4.74 Å². The van der Waals surface area contributed by atoms with E-state index in [-0.39, 0.29) is 13.0 Å². The second-order valence-corrected chi connectivity index (χ2v) is 4.01. The van der Waals surface area contributed by atoms with Crippen LogP contribution in [-0.4, -0.2) is 29.4 Å². The van der Waals surface area contributed by atoms with E-state index in [9.17, 15) is 4.79 Å². The molecule has 0 radical (unpaired) electrons. The van der Waals surface area contributed by atoms with E-state index in [0.29, 0.717) is 18.1 Å². The van der Waals surface area contributed by atoms with E-state index >= 15 is 0 Å². The summed E-state index contributed by atoms with van der Waals surface area (Å²) >= 11 is 5.79. The number of aliphatic hydroxyl groups is 1. The fourth-order valence-electron chi connectivity index (χ4n) is 1.18. The van der Waals surface area contributed by atoms with E-state index < -0.39 is 5.97 Å². The molecule has 0 aromatic heterocycles. The molecule has 0 aliphatic heterocycles. The minimum atomic E-state index is -0.800. The molecule has 0 saturated carbocycles. The van der Waals surface area contributed by atoms with Gasteiger partial charge in [0.05, 0.1) is 6.61 Å². The molecule has 0 aliphatic rings. The second kappa shape index (κ2) is 9.74. The highest BCUT2D eigenvalue weighted by molar-refractivity contribution is 6.30. The van der Waals surface area contributed by atoms with Crippen molar-refractivity contribution in [3.8, 4) is 5.75 Å². The molecule has 0 unspecified atom stereocenters. The maximum absolute atomic E-state index is 10.2. The van der Waals surface area contributed by atoms with Gasteiger partial charge in [0.1, 0.15) is 5.75 Å². The molecule has 0 aliphatic carbocycles. The fourth-order valence-corrected chi connectivity index (χ4v) is 1.41. The van der Waals surface area contributed by atoms with Gasteiger partial charge in [0.15, 0.2) is 0 Å². The van der Waals surface area contributed by atoms with Gasteiger partial charge < -0.3 is 14.9 Å². The van der Waals surface area contributed by atoms with Crippen molar-refractivity contribution >= 4 is 17.6 Å². The van der Waals surface area contributed by atoms with Gasteiger partial charge in [-0.2, -0.15) is 0 Å². The summed E-state index contributed by atoms with van der Waals surface area (Å²) < 4.78 is 5.42. The van der Waals surface area contributed by atoms with Gasteiger partial charge in [0.2, 0.25) is 0 Å². The third-order valence-electron chi connectivity index (χ3n) is 1.93. The lowest BCUT2D eigenvalue weighted by molar-refractivity contribution is -0.137. The Labute approximate surface area is 112 Å². The third kappa shape index (κ3) is 7.92. The Morgan fingerprint density at radius 3 is 2.56 bits per heavy atom. The number of carboxylic acid groups (broad SMARTS) is 1. The topological polar surface area (TPSA) is 66.8 Å². The Balaban J connectivity index is 0.000000873. The average Bonchev–Trinajstić information content (AvgIpc) is 2.27. The number of carboxylic acids is 1. The zero-order valence-corrected chi connectivity index (χ0v) is 11.4. The molecule has 5 heteroatoms. The monoisotopic (exact) mass is 274 g/mol. The molecule has 1 aromatic carbocycles. The van der Waals surface area contributed by atoms with E-state index in [1.165, 1.54) is 0 Å². The predicted octanol–water partition coefficient (Wildman–Crippen LogP) is 2.89. The average molecular weight is 275 g/mol. The number of hydrogen-bond acceptors (Lipinski definition) is 3. The van der Waals surface area contributed by atoms with Crippen LogP contribution >= 0.6 is 11.6 Å². The summed E-state index contributed by atoms with van der Waals surface area (Å²) in [4.78, 5) is 10.2. The van der Waals surface area contributed by atoms with E-state index in [4.69, 9.17) is 26.6 Å². The lowest BCUT2D eigenvalue weighted by Crippen LogP contribution is -2.02. The zero-order chi connectivity index (χ0) is 14.0. The summed E-state index contributed by atoms with van der Waals surface area (Å²) in [5.74, 6) is -0.0452. The Kier molecular flexibility index (Phi) is 9.06. The fraction of sp³-hybridized carbons (Fsp3) is 0.462. The van der Waals surface area contributed by atoms with Crippen LogP contribution in [-0.2, 0) is 4.79 Å². The van der Waals surface area contributed by atoms with Crippen LogP contribution in [0.4, 0.5) is 0 Å². The SMILES string of the molecule is CCO.Cc1cc(Cl)ccc1OCCCC(=O)O. The van der Waals surface area contributed by atoms with Crippen LogP contribution in [0.5, 0.6) is 5.75 Å². The van der Waals surface area contributed by atoms with Crippen molar-refractivity contribution in [2.75, 3.05) is 13.2 Å². The van der Waals surface area contributed by atoms with E-state index in [0.717, 1.165) is 11.3 Å². The van der Waals surface area contributed by atoms with Crippen molar-refractivity contribution in [3.05, 3.63) is 28.8 Å². The molecule has 0 fully saturated rings. The molecule has 4 nitrogen and oxygen atoms in total. The highest BCUT2D eigenvalue weighted by Gasteiger charge is 2.01. The molecule has 1 aromatic rings. The minimum Gasteiger partial charge on any atom is -0.493 e. The number of aliphatic carboxylic acids is 1. The van der Waals surface area contributed by atoms with Crippen LogP contribution in [0.3, 0.4) is 0 Å². The largest absolute Gasteiger partial charge is 0.493 e. The quantitative estimate of drug-likeness (QED) is 0.810. The Hall–Kier alpha value is -1.26. The maximum atomic E-state index is 10.2. The Morgan fingerprint density at radius 1 is 1.44 bits per heavy atom. The number of aliphatic hydroxyl groups excluding tert-OH is 1. The van der Waals surface area contributed by atoms with Gasteiger partial charge in [0.25, 0.3) is 0 Å². The molecule has 0 spiro atoms. The Morgan fingerprint density at radius 2 is 2.06 bits per heavy atom. The first-order valence-electron chi connectivity index (χ1n) is 5.72. The molecule has 0 bridgehead atoms. The van der Waals surface area contributed by atoms with E-state index in [2.05, 4.69) is 0 Å². The van der Waals surface area contributed by atoms with Crippen molar-refractivity contribution in [2.45, 2.75) is 26.7 Å². The lowest BCUT2D eigenvalue weighted by atomic mass is 10.2.